The van der Waals surface area contributed by atoms with Gasteiger partial charge < -0.3 is 20.5 Å². The Kier molecular flexibility index (Phi) is 5.10. The second-order valence-electron chi connectivity index (χ2n) is 6.00. The summed E-state index contributed by atoms with van der Waals surface area (Å²) in [6, 6.07) is -0.700. The third-order valence-electron chi connectivity index (χ3n) is 2.84. The van der Waals surface area contributed by atoms with E-state index in [0.717, 1.165) is 0 Å². The third kappa shape index (κ3) is 4.80. The number of ether oxygens (including phenoxy) is 1. The van der Waals surface area contributed by atoms with Gasteiger partial charge in [0.15, 0.2) is 6.10 Å². The van der Waals surface area contributed by atoms with Crippen molar-refractivity contribution >= 4 is 17.8 Å². The molecule has 1 heterocycles. The van der Waals surface area contributed by atoms with E-state index < -0.39 is 30.1 Å². The van der Waals surface area contributed by atoms with E-state index in [1.165, 1.54) is 0 Å². The summed E-state index contributed by atoms with van der Waals surface area (Å²) < 4.78 is 5.12. The molecule has 7 heteroatoms. The maximum atomic E-state index is 11.9. The fraction of sp³-hybridized carbons (Fsp3) is 0.769. The number of aliphatic carboxylic acids is 1. The molecule has 114 valence electrons. The van der Waals surface area contributed by atoms with Crippen LogP contribution in [0.25, 0.3) is 0 Å². The highest BCUT2D eigenvalue weighted by Crippen LogP contribution is 2.20. The van der Waals surface area contributed by atoms with Crippen LogP contribution in [-0.4, -0.2) is 46.7 Å². The predicted molar refractivity (Wildman–Crippen MR) is 71.0 cm³/mol. The molecule has 0 saturated carbocycles. The van der Waals surface area contributed by atoms with Gasteiger partial charge in [-0.25, -0.2) is 4.79 Å². The fourth-order valence-corrected chi connectivity index (χ4v) is 1.86. The van der Waals surface area contributed by atoms with Crippen molar-refractivity contribution in [2.24, 2.45) is 0 Å². The average Bonchev–Trinajstić information content (AvgIpc) is 2.75. The molecule has 1 aliphatic heterocycles. The van der Waals surface area contributed by atoms with Crippen LogP contribution < -0.4 is 10.6 Å². The fourth-order valence-electron chi connectivity index (χ4n) is 1.86. The first-order valence-corrected chi connectivity index (χ1v) is 6.61. The molecule has 1 saturated heterocycles. The molecule has 1 aliphatic rings. The molecule has 0 aromatic heterocycles. The molecule has 1 rings (SSSR count). The van der Waals surface area contributed by atoms with Crippen LogP contribution in [0.5, 0.6) is 0 Å². The second kappa shape index (κ2) is 6.21. The zero-order valence-electron chi connectivity index (χ0n) is 12.2. The van der Waals surface area contributed by atoms with Gasteiger partial charge in [-0.15, -0.1) is 0 Å². The van der Waals surface area contributed by atoms with Gasteiger partial charge in [0.05, 0.1) is 0 Å². The van der Waals surface area contributed by atoms with Crippen LogP contribution in [0.4, 0.5) is 0 Å². The maximum absolute atomic E-state index is 11.9. The van der Waals surface area contributed by atoms with E-state index in [-0.39, 0.29) is 11.4 Å². The average molecular weight is 286 g/mol. The number of amides is 2. The minimum Gasteiger partial charge on any atom is -0.479 e. The standard InChI is InChI=1S/C13H22N2O5/c1-7(10(16)15-13(2,3)4)14-11(17)8-5-6-9(20-8)12(18)19/h7-9H,5-6H2,1-4H3,(H,14,17)(H,15,16)(H,18,19)/t7?,8-,9+/m0/s1. The highest BCUT2D eigenvalue weighted by atomic mass is 16.5. The minimum atomic E-state index is -1.07. The number of carbonyl (C=O) groups is 3. The summed E-state index contributed by atoms with van der Waals surface area (Å²) in [7, 11) is 0. The number of hydrogen-bond donors (Lipinski definition) is 3. The third-order valence-corrected chi connectivity index (χ3v) is 2.84. The molecule has 1 unspecified atom stereocenters. The normalized spacial score (nSPS) is 24.0. The molecule has 0 aliphatic carbocycles. The summed E-state index contributed by atoms with van der Waals surface area (Å²) >= 11 is 0. The van der Waals surface area contributed by atoms with E-state index in [4.69, 9.17) is 9.84 Å². The first-order chi connectivity index (χ1) is 9.10. The van der Waals surface area contributed by atoms with Gasteiger partial charge in [-0.3, -0.25) is 9.59 Å². The number of carboxylic acid groups (broad SMARTS) is 1. The van der Waals surface area contributed by atoms with Crippen molar-refractivity contribution in [3.8, 4) is 0 Å². The largest absolute Gasteiger partial charge is 0.479 e. The Hall–Kier alpha value is -1.63. The van der Waals surface area contributed by atoms with Gasteiger partial charge in [-0.2, -0.15) is 0 Å². The molecular weight excluding hydrogens is 264 g/mol. The molecule has 20 heavy (non-hydrogen) atoms. The van der Waals surface area contributed by atoms with Crippen LogP contribution in [0, 0.1) is 0 Å². The van der Waals surface area contributed by atoms with Crippen molar-refractivity contribution < 1.29 is 24.2 Å². The highest BCUT2D eigenvalue weighted by Gasteiger charge is 2.35. The molecular formula is C13H22N2O5. The van der Waals surface area contributed by atoms with Crippen molar-refractivity contribution in [3.05, 3.63) is 0 Å². The lowest BCUT2D eigenvalue weighted by molar-refractivity contribution is -0.152. The molecule has 2 amide bonds. The maximum Gasteiger partial charge on any atom is 0.332 e. The second-order valence-corrected chi connectivity index (χ2v) is 6.00. The highest BCUT2D eigenvalue weighted by molar-refractivity contribution is 5.89. The van der Waals surface area contributed by atoms with Gasteiger partial charge in [0.2, 0.25) is 11.8 Å². The van der Waals surface area contributed by atoms with Crippen molar-refractivity contribution in [3.63, 3.8) is 0 Å². The van der Waals surface area contributed by atoms with Gasteiger partial charge in [-0.1, -0.05) is 0 Å². The van der Waals surface area contributed by atoms with Crippen LogP contribution >= 0.6 is 0 Å². The molecule has 0 radical (unpaired) electrons. The Labute approximate surface area is 118 Å². The molecule has 7 nitrogen and oxygen atoms in total. The van der Waals surface area contributed by atoms with Gasteiger partial charge in [-0.05, 0) is 40.5 Å². The summed E-state index contributed by atoms with van der Waals surface area (Å²) in [4.78, 5) is 34.4. The molecule has 0 spiro atoms. The zero-order chi connectivity index (χ0) is 15.5. The van der Waals surface area contributed by atoms with E-state index in [0.29, 0.717) is 12.8 Å². The lowest BCUT2D eigenvalue weighted by Gasteiger charge is -2.24. The van der Waals surface area contributed by atoms with Gasteiger partial charge in [0.25, 0.3) is 0 Å². The van der Waals surface area contributed by atoms with E-state index in [9.17, 15) is 14.4 Å². The van der Waals surface area contributed by atoms with Crippen molar-refractivity contribution in [1.82, 2.24) is 10.6 Å². The summed E-state index contributed by atoms with van der Waals surface area (Å²) in [5, 5.41) is 14.1. The smallest absolute Gasteiger partial charge is 0.332 e. The minimum absolute atomic E-state index is 0.293. The van der Waals surface area contributed by atoms with Crippen LogP contribution in [0.1, 0.15) is 40.5 Å². The molecule has 0 aromatic carbocycles. The number of hydrogen-bond acceptors (Lipinski definition) is 4. The Bertz CT molecular complexity index is 402. The molecule has 0 aromatic rings. The zero-order valence-corrected chi connectivity index (χ0v) is 12.2. The lowest BCUT2D eigenvalue weighted by atomic mass is 10.1. The van der Waals surface area contributed by atoms with Crippen molar-refractivity contribution in [2.75, 3.05) is 0 Å². The van der Waals surface area contributed by atoms with Gasteiger partial charge in [0, 0.05) is 5.54 Å². The van der Waals surface area contributed by atoms with Gasteiger partial charge >= 0.3 is 5.97 Å². The van der Waals surface area contributed by atoms with Crippen LogP contribution in [0.2, 0.25) is 0 Å². The summed E-state index contributed by atoms with van der Waals surface area (Å²) in [6.45, 7) is 7.10. The Morgan fingerprint density at radius 1 is 1.20 bits per heavy atom. The molecule has 3 N–H and O–H groups in total. The number of carbonyl (C=O) groups excluding carboxylic acids is 2. The monoisotopic (exact) mass is 286 g/mol. The lowest BCUT2D eigenvalue weighted by Crippen LogP contribution is -2.52. The van der Waals surface area contributed by atoms with E-state index in [2.05, 4.69) is 10.6 Å². The summed E-state index contributed by atoms with van der Waals surface area (Å²) in [6.07, 6.45) is -1.10. The van der Waals surface area contributed by atoms with Crippen LogP contribution in [-0.2, 0) is 19.1 Å². The Morgan fingerprint density at radius 3 is 2.20 bits per heavy atom. The number of rotatable bonds is 4. The predicted octanol–water partition coefficient (Wildman–Crippen LogP) is 0.0380. The van der Waals surface area contributed by atoms with Crippen molar-refractivity contribution in [1.29, 1.82) is 0 Å². The summed E-state index contributed by atoms with van der Waals surface area (Å²) in [5.41, 5.74) is -0.381. The van der Waals surface area contributed by atoms with E-state index in [1.807, 2.05) is 20.8 Å². The topological polar surface area (TPSA) is 105 Å². The first kappa shape index (κ1) is 16.4. The Morgan fingerprint density at radius 2 is 1.75 bits per heavy atom. The van der Waals surface area contributed by atoms with Crippen LogP contribution in [0.3, 0.4) is 0 Å². The Balaban J connectivity index is 2.46. The number of carboxylic acids is 1. The molecule has 3 atom stereocenters. The van der Waals surface area contributed by atoms with Crippen molar-refractivity contribution in [2.45, 2.75) is 64.3 Å². The van der Waals surface area contributed by atoms with E-state index >= 15 is 0 Å². The number of nitrogens with one attached hydrogen (secondary N) is 2. The molecule has 1 fully saturated rings. The summed E-state index contributed by atoms with van der Waals surface area (Å²) in [5.74, 6) is -1.82. The van der Waals surface area contributed by atoms with E-state index in [1.54, 1.807) is 6.92 Å². The first-order valence-electron chi connectivity index (χ1n) is 6.61. The van der Waals surface area contributed by atoms with Gasteiger partial charge in [0.1, 0.15) is 12.1 Å². The quantitative estimate of drug-likeness (QED) is 0.676. The SMILES string of the molecule is CC(NC(=O)[C@@H]1CC[C@H](C(=O)O)O1)C(=O)NC(C)(C)C. The molecule has 0 bridgehead atoms. The van der Waals surface area contributed by atoms with Crippen LogP contribution in [0.15, 0.2) is 0 Å².